The van der Waals surface area contributed by atoms with Gasteiger partial charge in [0.15, 0.2) is 0 Å². The summed E-state index contributed by atoms with van der Waals surface area (Å²) in [6, 6.07) is 3.92. The normalized spacial score (nSPS) is 10.6. The highest BCUT2D eigenvalue weighted by Gasteiger charge is 2.14. The van der Waals surface area contributed by atoms with E-state index in [1.807, 2.05) is 4.90 Å². The third kappa shape index (κ3) is 3.89. The highest BCUT2D eigenvalue weighted by atomic mass is 15.4. The molecule has 0 aliphatic carbocycles. The first-order valence-corrected chi connectivity index (χ1v) is 6.73. The summed E-state index contributed by atoms with van der Waals surface area (Å²) < 4.78 is 1.53. The molecule has 2 aromatic rings. The molecule has 8 heteroatoms. The second-order valence-corrected chi connectivity index (χ2v) is 4.99. The molecule has 0 saturated carbocycles. The molecule has 2 N–H and O–H groups in total. The van der Waals surface area contributed by atoms with Crippen LogP contribution in [0.3, 0.4) is 0 Å². The maximum atomic E-state index is 8.79. The number of aromatic nitrogens is 5. The summed E-state index contributed by atoms with van der Waals surface area (Å²) in [4.78, 5) is 14.6. The first-order valence-electron chi connectivity index (χ1n) is 6.73. The summed E-state index contributed by atoms with van der Waals surface area (Å²) in [5, 5.41) is 12.9. The Hall–Kier alpha value is -2.69. The molecule has 0 atom stereocenters. The zero-order valence-electron chi connectivity index (χ0n) is 12.1. The van der Waals surface area contributed by atoms with E-state index in [1.165, 1.54) is 4.68 Å². The van der Waals surface area contributed by atoms with Crippen LogP contribution in [0.5, 0.6) is 0 Å². The van der Waals surface area contributed by atoms with Crippen molar-refractivity contribution in [1.29, 1.82) is 5.26 Å². The van der Waals surface area contributed by atoms with Gasteiger partial charge in [-0.1, -0.05) is 13.8 Å². The maximum absolute atomic E-state index is 8.79. The fourth-order valence-electron chi connectivity index (χ4n) is 1.90. The summed E-state index contributed by atoms with van der Waals surface area (Å²) in [5.74, 6) is 1.39. The van der Waals surface area contributed by atoms with E-state index in [0.29, 0.717) is 30.8 Å². The van der Waals surface area contributed by atoms with Gasteiger partial charge in [-0.05, 0) is 12.0 Å². The number of nitriles is 1. The lowest BCUT2D eigenvalue weighted by atomic mass is 10.2. The molecular weight excluding hydrogens is 268 g/mol. The van der Waals surface area contributed by atoms with E-state index >= 15 is 0 Å². The Labute approximate surface area is 123 Å². The maximum Gasteiger partial charge on any atom is 0.257 e. The van der Waals surface area contributed by atoms with Gasteiger partial charge >= 0.3 is 0 Å². The summed E-state index contributed by atoms with van der Waals surface area (Å²) in [6.45, 7) is 5.48. The van der Waals surface area contributed by atoms with Crippen LogP contribution < -0.4 is 10.6 Å². The van der Waals surface area contributed by atoms with Crippen LogP contribution in [-0.2, 0) is 0 Å². The van der Waals surface area contributed by atoms with Gasteiger partial charge in [0.05, 0.1) is 12.5 Å². The van der Waals surface area contributed by atoms with Crippen LogP contribution in [0, 0.1) is 17.2 Å². The number of nitrogens with two attached hydrogens (primary N) is 1. The van der Waals surface area contributed by atoms with E-state index in [2.05, 4.69) is 40.0 Å². The molecule has 0 aliphatic heterocycles. The molecular formula is C13H18N8. The number of nitrogen functional groups attached to an aromatic ring is 1. The van der Waals surface area contributed by atoms with E-state index in [-0.39, 0.29) is 5.95 Å². The average molecular weight is 286 g/mol. The van der Waals surface area contributed by atoms with E-state index in [0.717, 1.165) is 6.54 Å². The van der Waals surface area contributed by atoms with Crippen molar-refractivity contribution in [2.75, 3.05) is 23.7 Å². The van der Waals surface area contributed by atoms with Crippen LogP contribution in [0.4, 0.5) is 11.9 Å². The van der Waals surface area contributed by atoms with Crippen LogP contribution in [0.2, 0.25) is 0 Å². The standard InChI is InChI=1S/C13H18N8/c1-10(2)9-20(7-3-5-14)12-17-11(15)18-13(19-12)21-8-4-6-16-21/h4,6,8,10H,3,7,9H2,1-2H3,(H2,15,17,18,19). The van der Waals surface area contributed by atoms with Crippen molar-refractivity contribution in [2.24, 2.45) is 5.92 Å². The van der Waals surface area contributed by atoms with Crippen molar-refractivity contribution in [3.05, 3.63) is 18.5 Å². The molecule has 0 aromatic carbocycles. The molecule has 8 nitrogen and oxygen atoms in total. The molecule has 110 valence electrons. The molecule has 0 fully saturated rings. The van der Waals surface area contributed by atoms with E-state index in [1.54, 1.807) is 18.5 Å². The van der Waals surface area contributed by atoms with Crippen molar-refractivity contribution in [3.8, 4) is 12.0 Å². The molecule has 2 heterocycles. The van der Waals surface area contributed by atoms with E-state index in [4.69, 9.17) is 11.0 Å². The van der Waals surface area contributed by atoms with Gasteiger partial charge in [0, 0.05) is 25.5 Å². The van der Waals surface area contributed by atoms with Crippen LogP contribution in [-0.4, -0.2) is 37.8 Å². The fourth-order valence-corrected chi connectivity index (χ4v) is 1.90. The molecule has 2 rings (SSSR count). The minimum atomic E-state index is 0.135. The van der Waals surface area contributed by atoms with E-state index in [9.17, 15) is 0 Å². The first kappa shape index (κ1) is 14.7. The van der Waals surface area contributed by atoms with Crippen molar-refractivity contribution in [3.63, 3.8) is 0 Å². The Morgan fingerprint density at radius 3 is 2.81 bits per heavy atom. The zero-order valence-corrected chi connectivity index (χ0v) is 12.1. The summed E-state index contributed by atoms with van der Waals surface area (Å²) in [6.07, 6.45) is 3.78. The van der Waals surface area contributed by atoms with Gasteiger partial charge < -0.3 is 10.6 Å². The van der Waals surface area contributed by atoms with Gasteiger partial charge in [0.1, 0.15) is 0 Å². The van der Waals surface area contributed by atoms with Gasteiger partial charge in [-0.15, -0.1) is 0 Å². The second kappa shape index (κ2) is 6.65. The summed E-state index contributed by atoms with van der Waals surface area (Å²) >= 11 is 0. The largest absolute Gasteiger partial charge is 0.368 e. The van der Waals surface area contributed by atoms with Crippen molar-refractivity contribution < 1.29 is 0 Å². The highest BCUT2D eigenvalue weighted by molar-refractivity contribution is 5.37. The van der Waals surface area contributed by atoms with Gasteiger partial charge in [0.2, 0.25) is 11.9 Å². The monoisotopic (exact) mass is 286 g/mol. The molecule has 0 saturated heterocycles. The molecule has 0 bridgehead atoms. The third-order valence-electron chi connectivity index (χ3n) is 2.70. The number of hydrogen-bond acceptors (Lipinski definition) is 7. The second-order valence-electron chi connectivity index (χ2n) is 4.99. The Balaban J connectivity index is 2.33. The lowest BCUT2D eigenvalue weighted by molar-refractivity contribution is 0.600. The summed E-state index contributed by atoms with van der Waals surface area (Å²) in [5.41, 5.74) is 5.77. The minimum Gasteiger partial charge on any atom is -0.368 e. The van der Waals surface area contributed by atoms with Crippen molar-refractivity contribution in [2.45, 2.75) is 20.3 Å². The minimum absolute atomic E-state index is 0.135. The average Bonchev–Trinajstić information content (AvgIpc) is 2.96. The topological polar surface area (TPSA) is 110 Å². The van der Waals surface area contributed by atoms with E-state index < -0.39 is 0 Å². The van der Waals surface area contributed by atoms with Crippen LogP contribution >= 0.6 is 0 Å². The van der Waals surface area contributed by atoms with Gasteiger partial charge in [-0.2, -0.15) is 25.3 Å². The predicted octanol–water partition coefficient (Wildman–Crippen LogP) is 1.02. The Morgan fingerprint density at radius 2 is 2.19 bits per heavy atom. The zero-order chi connectivity index (χ0) is 15.2. The molecule has 2 aromatic heterocycles. The van der Waals surface area contributed by atoms with Crippen molar-refractivity contribution in [1.82, 2.24) is 24.7 Å². The van der Waals surface area contributed by atoms with Gasteiger partial charge in [-0.3, -0.25) is 0 Å². The summed E-state index contributed by atoms with van der Waals surface area (Å²) in [7, 11) is 0. The molecule has 0 radical (unpaired) electrons. The Bertz CT molecular complexity index is 614. The molecule has 0 amide bonds. The Morgan fingerprint density at radius 1 is 1.38 bits per heavy atom. The predicted molar refractivity (Wildman–Crippen MR) is 78.6 cm³/mol. The SMILES string of the molecule is CC(C)CN(CCC#N)c1nc(N)nc(-n2cccn2)n1. The lowest BCUT2D eigenvalue weighted by Gasteiger charge is -2.23. The van der Waals surface area contributed by atoms with Gasteiger partial charge in [0.25, 0.3) is 5.95 Å². The number of anilines is 2. The lowest BCUT2D eigenvalue weighted by Crippen LogP contribution is -2.31. The molecule has 0 unspecified atom stereocenters. The van der Waals surface area contributed by atoms with Crippen molar-refractivity contribution >= 4 is 11.9 Å². The van der Waals surface area contributed by atoms with Crippen LogP contribution in [0.25, 0.3) is 5.95 Å². The first-order chi connectivity index (χ1) is 10.1. The number of rotatable bonds is 6. The highest BCUT2D eigenvalue weighted by Crippen LogP contribution is 2.13. The van der Waals surface area contributed by atoms with Crippen LogP contribution in [0.15, 0.2) is 18.5 Å². The smallest absolute Gasteiger partial charge is 0.257 e. The number of hydrogen-bond donors (Lipinski definition) is 1. The van der Waals surface area contributed by atoms with Crippen LogP contribution in [0.1, 0.15) is 20.3 Å². The van der Waals surface area contributed by atoms with Gasteiger partial charge in [-0.25, -0.2) is 4.68 Å². The molecule has 21 heavy (non-hydrogen) atoms. The third-order valence-corrected chi connectivity index (χ3v) is 2.70. The number of nitrogens with zero attached hydrogens (tertiary/aromatic N) is 7. The Kier molecular flexibility index (Phi) is 4.66. The molecule has 0 spiro atoms. The molecule has 0 aliphatic rings. The quantitative estimate of drug-likeness (QED) is 0.843. The fraction of sp³-hybridized carbons (Fsp3) is 0.462.